The first kappa shape index (κ1) is 31.3. The Balaban J connectivity index is 1.49. The molecule has 6 nitrogen and oxygen atoms in total. The fourth-order valence-corrected chi connectivity index (χ4v) is 4.79. The summed E-state index contributed by atoms with van der Waals surface area (Å²) in [5, 5.41) is 11.5. The summed E-state index contributed by atoms with van der Waals surface area (Å²) in [4.78, 5) is 46.7. The van der Waals surface area contributed by atoms with Crippen molar-refractivity contribution in [3.63, 3.8) is 0 Å². The van der Waals surface area contributed by atoms with Crippen LogP contribution in [0.3, 0.4) is 0 Å². The number of benzene rings is 4. The van der Waals surface area contributed by atoms with Gasteiger partial charge in [-0.3, -0.25) is 19.4 Å². The lowest BCUT2D eigenvalue weighted by Crippen LogP contribution is -2.18. The Kier molecular flexibility index (Phi) is 8.94. The molecule has 45 heavy (non-hydrogen) atoms. The first-order chi connectivity index (χ1) is 21.4. The molecule has 1 atom stereocenters. The van der Waals surface area contributed by atoms with E-state index in [0.29, 0.717) is 10.7 Å². The van der Waals surface area contributed by atoms with Crippen LogP contribution in [0.1, 0.15) is 59.6 Å². The van der Waals surface area contributed by atoms with E-state index < -0.39 is 35.2 Å². The molecule has 1 unspecified atom stereocenters. The molecule has 1 aromatic heterocycles. The number of nitrogens with zero attached hydrogens (tertiary/aromatic N) is 2. The number of rotatable bonds is 9. The Bertz CT molecular complexity index is 1860. The van der Waals surface area contributed by atoms with Gasteiger partial charge in [-0.2, -0.15) is 13.2 Å². The van der Waals surface area contributed by atoms with Crippen molar-refractivity contribution in [3.8, 4) is 0 Å². The zero-order chi connectivity index (χ0) is 32.3. The summed E-state index contributed by atoms with van der Waals surface area (Å²) in [6.45, 7) is 0. The number of pyridine rings is 1. The minimum atomic E-state index is -4.60. The molecule has 1 N–H and O–H groups in total. The van der Waals surface area contributed by atoms with Crippen molar-refractivity contribution in [2.75, 3.05) is 11.9 Å². The van der Waals surface area contributed by atoms with Crippen LogP contribution >= 0.6 is 11.6 Å². The van der Waals surface area contributed by atoms with E-state index in [9.17, 15) is 32.7 Å². The molecule has 0 saturated carbocycles. The summed E-state index contributed by atoms with van der Waals surface area (Å²) in [7, 11) is 1.82. The van der Waals surface area contributed by atoms with Crippen LogP contribution in [-0.2, 0) is 6.18 Å². The molecule has 0 spiro atoms. The number of carbonyl (C=O) groups excluding carboxylic acids is 3. The Morgan fingerprint density at radius 2 is 1.38 bits per heavy atom. The number of Topliss-reactive ketones (excluding diaryl/α,β-unsaturated/α-hetero) is 1. The van der Waals surface area contributed by atoms with Crippen molar-refractivity contribution < 1.29 is 32.7 Å². The second kappa shape index (κ2) is 12.9. The molecule has 0 aliphatic heterocycles. The second-order valence-electron chi connectivity index (χ2n) is 10.1. The van der Waals surface area contributed by atoms with Gasteiger partial charge in [-0.05, 0) is 66.2 Å². The molecule has 1 heterocycles. The Hall–Kier alpha value is -5.12. The highest BCUT2D eigenvalue weighted by atomic mass is 35.5. The lowest BCUT2D eigenvalue weighted by Gasteiger charge is -2.19. The van der Waals surface area contributed by atoms with E-state index >= 15 is 0 Å². The first-order valence-electron chi connectivity index (χ1n) is 13.6. The Morgan fingerprint density at radius 3 is 1.98 bits per heavy atom. The number of hydrogen-bond acceptors (Lipinski definition) is 6. The van der Waals surface area contributed by atoms with E-state index in [2.05, 4.69) is 4.98 Å². The standard InChI is InChI=1S/C35H24ClF3N2O4/c1-41(26-14-12-25(36)13-15-26)27-16-18-30(40-20-27)32(43)23-9-17-28(31(42)22-7-10-24(11-8-22)35(37,38)39)29(19-23)34(45)33(44)21-5-3-2-4-6-21/h2-20,33,44H,1H3. The third-order valence-electron chi connectivity index (χ3n) is 7.21. The average molecular weight is 629 g/mol. The van der Waals surface area contributed by atoms with Crippen LogP contribution in [0.15, 0.2) is 115 Å². The molecule has 0 amide bonds. The molecule has 0 bridgehead atoms. The zero-order valence-electron chi connectivity index (χ0n) is 23.6. The van der Waals surface area contributed by atoms with Crippen molar-refractivity contribution in [2.24, 2.45) is 0 Å². The van der Waals surface area contributed by atoms with Gasteiger partial charge in [0.15, 0.2) is 11.6 Å². The van der Waals surface area contributed by atoms with Gasteiger partial charge in [-0.25, -0.2) is 0 Å². The maximum absolute atomic E-state index is 13.6. The van der Waals surface area contributed by atoms with Crippen molar-refractivity contribution in [1.82, 2.24) is 4.98 Å². The maximum atomic E-state index is 13.6. The smallest absolute Gasteiger partial charge is 0.380 e. The third-order valence-corrected chi connectivity index (χ3v) is 7.46. The molecule has 5 aromatic rings. The highest BCUT2D eigenvalue weighted by molar-refractivity contribution is 6.30. The van der Waals surface area contributed by atoms with E-state index in [1.807, 2.05) is 24.1 Å². The number of carbonyl (C=O) groups is 3. The van der Waals surface area contributed by atoms with Gasteiger partial charge >= 0.3 is 6.18 Å². The number of alkyl halides is 3. The van der Waals surface area contributed by atoms with Gasteiger partial charge in [0.05, 0.1) is 17.4 Å². The maximum Gasteiger partial charge on any atom is 0.416 e. The third kappa shape index (κ3) is 6.85. The molecule has 0 radical (unpaired) electrons. The van der Waals surface area contributed by atoms with Crippen molar-refractivity contribution in [3.05, 3.63) is 159 Å². The zero-order valence-corrected chi connectivity index (χ0v) is 24.4. The van der Waals surface area contributed by atoms with Crippen molar-refractivity contribution >= 4 is 40.3 Å². The van der Waals surface area contributed by atoms with E-state index in [-0.39, 0.29) is 33.5 Å². The van der Waals surface area contributed by atoms with Crippen LogP contribution in [0, 0.1) is 0 Å². The summed E-state index contributed by atoms with van der Waals surface area (Å²) in [5.74, 6) is -2.16. The SMILES string of the molecule is CN(c1ccc(Cl)cc1)c1ccc(C(=O)c2ccc(C(=O)c3ccc(C(F)(F)F)cc3)c(C(=O)C(O)c3ccccc3)c2)nc1. The monoisotopic (exact) mass is 628 g/mol. The first-order valence-corrected chi connectivity index (χ1v) is 13.9. The Morgan fingerprint density at radius 1 is 0.756 bits per heavy atom. The summed E-state index contributed by atoms with van der Waals surface area (Å²) >= 11 is 5.97. The normalized spacial score (nSPS) is 12.0. The molecule has 226 valence electrons. The highest BCUT2D eigenvalue weighted by Crippen LogP contribution is 2.31. The molecule has 0 aliphatic carbocycles. The topological polar surface area (TPSA) is 87.6 Å². The number of aliphatic hydroxyl groups is 1. The number of aromatic nitrogens is 1. The quantitative estimate of drug-likeness (QED) is 0.167. The molecule has 0 fully saturated rings. The summed E-state index contributed by atoms with van der Waals surface area (Å²) in [5.41, 5.74) is 0.388. The summed E-state index contributed by atoms with van der Waals surface area (Å²) in [6, 6.07) is 25.7. The lowest BCUT2D eigenvalue weighted by molar-refractivity contribution is -0.137. The molecule has 0 aliphatic rings. The minimum absolute atomic E-state index is 0.0221. The predicted molar refractivity (Wildman–Crippen MR) is 164 cm³/mol. The van der Waals surface area contributed by atoms with Crippen LogP contribution in [0.5, 0.6) is 0 Å². The van der Waals surface area contributed by atoms with Crippen LogP contribution in [-0.4, -0.2) is 34.5 Å². The van der Waals surface area contributed by atoms with E-state index in [0.717, 1.165) is 30.0 Å². The molecule has 10 heteroatoms. The summed E-state index contributed by atoms with van der Waals surface area (Å²) in [6.07, 6.45) is -4.76. The van der Waals surface area contributed by atoms with Crippen LogP contribution in [0.4, 0.5) is 24.5 Å². The van der Waals surface area contributed by atoms with Crippen LogP contribution < -0.4 is 4.90 Å². The molecule has 4 aromatic carbocycles. The fourth-order valence-electron chi connectivity index (χ4n) is 4.67. The van der Waals surface area contributed by atoms with E-state index in [4.69, 9.17) is 11.6 Å². The number of hydrogen-bond donors (Lipinski definition) is 1. The van der Waals surface area contributed by atoms with Crippen molar-refractivity contribution in [1.29, 1.82) is 0 Å². The molecular weight excluding hydrogens is 605 g/mol. The summed E-state index contributed by atoms with van der Waals surface area (Å²) < 4.78 is 39.2. The Labute approximate surface area is 261 Å². The van der Waals surface area contributed by atoms with Gasteiger partial charge in [0.2, 0.25) is 5.78 Å². The fraction of sp³-hybridized carbons (Fsp3) is 0.0857. The molecule has 0 saturated heterocycles. The van der Waals surface area contributed by atoms with Gasteiger partial charge in [0.25, 0.3) is 0 Å². The molecular formula is C35H24ClF3N2O4. The second-order valence-corrected chi connectivity index (χ2v) is 10.5. The van der Waals surface area contributed by atoms with Gasteiger partial charge in [-0.1, -0.05) is 60.1 Å². The van der Waals surface area contributed by atoms with Crippen LogP contribution in [0.2, 0.25) is 5.02 Å². The average Bonchev–Trinajstić information content (AvgIpc) is 3.07. The van der Waals surface area contributed by atoms with Gasteiger partial charge in [0.1, 0.15) is 11.8 Å². The van der Waals surface area contributed by atoms with Gasteiger partial charge in [-0.15, -0.1) is 0 Å². The number of ketones is 3. The van der Waals surface area contributed by atoms with E-state index in [1.54, 1.807) is 36.4 Å². The van der Waals surface area contributed by atoms with E-state index in [1.165, 1.54) is 42.6 Å². The predicted octanol–water partition coefficient (Wildman–Crippen LogP) is 7.90. The van der Waals surface area contributed by atoms with Crippen molar-refractivity contribution in [2.45, 2.75) is 12.3 Å². The minimum Gasteiger partial charge on any atom is -0.380 e. The van der Waals surface area contributed by atoms with Gasteiger partial charge < -0.3 is 10.0 Å². The number of aliphatic hydroxyl groups excluding tert-OH is 1. The highest BCUT2D eigenvalue weighted by Gasteiger charge is 2.31. The largest absolute Gasteiger partial charge is 0.416 e. The molecule has 5 rings (SSSR count). The van der Waals surface area contributed by atoms with Gasteiger partial charge in [0, 0.05) is 40.0 Å². The number of halogens is 4. The lowest BCUT2D eigenvalue weighted by atomic mass is 9.89. The number of anilines is 2. The van der Waals surface area contributed by atoms with Crippen LogP contribution in [0.25, 0.3) is 0 Å².